The SMILES string of the molecule is CC[C@H](C)[C@H](NCc1ccc(OC(F)F)cc1)C(=O)O. The van der Waals surface area contributed by atoms with Crippen molar-refractivity contribution in [2.45, 2.75) is 39.5 Å². The van der Waals surface area contributed by atoms with Gasteiger partial charge in [0.05, 0.1) is 0 Å². The van der Waals surface area contributed by atoms with Crippen molar-refractivity contribution >= 4 is 5.97 Å². The average Bonchev–Trinajstić information content (AvgIpc) is 2.39. The molecule has 0 saturated heterocycles. The molecular formula is C14H19F2NO3. The van der Waals surface area contributed by atoms with Gasteiger partial charge in [0.2, 0.25) is 0 Å². The van der Waals surface area contributed by atoms with Gasteiger partial charge < -0.3 is 15.2 Å². The van der Waals surface area contributed by atoms with Crippen LogP contribution in [0.3, 0.4) is 0 Å². The Morgan fingerprint density at radius 1 is 1.35 bits per heavy atom. The van der Waals surface area contributed by atoms with E-state index in [-0.39, 0.29) is 11.7 Å². The predicted molar refractivity (Wildman–Crippen MR) is 70.8 cm³/mol. The summed E-state index contributed by atoms with van der Waals surface area (Å²) in [4.78, 5) is 11.1. The van der Waals surface area contributed by atoms with Gasteiger partial charge in [0.1, 0.15) is 11.8 Å². The number of aliphatic carboxylic acids is 1. The lowest BCUT2D eigenvalue weighted by atomic mass is 9.99. The van der Waals surface area contributed by atoms with Gasteiger partial charge in [-0.3, -0.25) is 4.79 Å². The Balaban J connectivity index is 2.57. The van der Waals surface area contributed by atoms with Crippen molar-refractivity contribution < 1.29 is 23.4 Å². The number of halogens is 2. The van der Waals surface area contributed by atoms with Crippen LogP contribution >= 0.6 is 0 Å². The van der Waals surface area contributed by atoms with Gasteiger partial charge in [-0.1, -0.05) is 32.4 Å². The molecule has 1 aromatic rings. The van der Waals surface area contributed by atoms with E-state index in [2.05, 4.69) is 10.1 Å². The Kier molecular flexibility index (Phi) is 6.38. The van der Waals surface area contributed by atoms with Crippen molar-refractivity contribution in [2.75, 3.05) is 0 Å². The molecule has 1 rings (SSSR count). The van der Waals surface area contributed by atoms with Gasteiger partial charge in [0.25, 0.3) is 0 Å². The van der Waals surface area contributed by atoms with Gasteiger partial charge in [-0.2, -0.15) is 8.78 Å². The molecule has 6 heteroatoms. The van der Waals surface area contributed by atoms with Crippen LogP contribution < -0.4 is 10.1 Å². The molecule has 2 atom stereocenters. The number of benzene rings is 1. The van der Waals surface area contributed by atoms with Crippen molar-refractivity contribution in [1.29, 1.82) is 0 Å². The van der Waals surface area contributed by atoms with Gasteiger partial charge in [0.15, 0.2) is 0 Å². The Morgan fingerprint density at radius 3 is 2.40 bits per heavy atom. The molecule has 0 aliphatic rings. The van der Waals surface area contributed by atoms with Crippen molar-refractivity contribution in [3.05, 3.63) is 29.8 Å². The van der Waals surface area contributed by atoms with E-state index in [1.807, 2.05) is 13.8 Å². The average molecular weight is 287 g/mol. The molecule has 0 saturated carbocycles. The van der Waals surface area contributed by atoms with Crippen LogP contribution in [0.2, 0.25) is 0 Å². The molecule has 0 unspecified atom stereocenters. The van der Waals surface area contributed by atoms with Gasteiger partial charge in [-0.15, -0.1) is 0 Å². The molecule has 0 amide bonds. The Morgan fingerprint density at radius 2 is 1.95 bits per heavy atom. The number of carboxylic acids is 1. The van der Waals surface area contributed by atoms with Crippen LogP contribution in [0.1, 0.15) is 25.8 Å². The smallest absolute Gasteiger partial charge is 0.387 e. The van der Waals surface area contributed by atoms with Crippen LogP contribution in [0.15, 0.2) is 24.3 Å². The first-order chi connectivity index (χ1) is 9.43. The van der Waals surface area contributed by atoms with Crippen LogP contribution in [-0.4, -0.2) is 23.7 Å². The lowest BCUT2D eigenvalue weighted by Gasteiger charge is -2.20. The minimum absolute atomic E-state index is 0.00828. The minimum atomic E-state index is -2.85. The first-order valence-electron chi connectivity index (χ1n) is 6.44. The summed E-state index contributed by atoms with van der Waals surface area (Å²) in [5, 5.41) is 12.1. The quantitative estimate of drug-likeness (QED) is 0.772. The largest absolute Gasteiger partial charge is 0.480 e. The van der Waals surface area contributed by atoms with Gasteiger partial charge in [0, 0.05) is 6.54 Å². The number of carbonyl (C=O) groups is 1. The van der Waals surface area contributed by atoms with Crippen molar-refractivity contribution in [3.63, 3.8) is 0 Å². The fourth-order valence-electron chi connectivity index (χ4n) is 1.78. The molecule has 2 N–H and O–H groups in total. The maximum atomic E-state index is 12.0. The molecule has 20 heavy (non-hydrogen) atoms. The molecule has 0 aromatic heterocycles. The molecule has 0 aliphatic carbocycles. The minimum Gasteiger partial charge on any atom is -0.480 e. The van der Waals surface area contributed by atoms with Gasteiger partial charge >= 0.3 is 12.6 Å². The molecule has 0 fully saturated rings. The molecule has 0 spiro atoms. The first kappa shape index (κ1) is 16.4. The van der Waals surface area contributed by atoms with Crippen LogP contribution in [-0.2, 0) is 11.3 Å². The van der Waals surface area contributed by atoms with Crippen LogP contribution in [0.5, 0.6) is 5.75 Å². The topological polar surface area (TPSA) is 58.6 Å². The fourth-order valence-corrected chi connectivity index (χ4v) is 1.78. The summed E-state index contributed by atoms with van der Waals surface area (Å²) in [5.41, 5.74) is 0.807. The normalized spacial score (nSPS) is 14.1. The Bertz CT molecular complexity index is 423. The van der Waals surface area contributed by atoms with E-state index in [0.717, 1.165) is 12.0 Å². The Labute approximate surface area is 116 Å². The van der Waals surface area contributed by atoms with E-state index < -0.39 is 18.6 Å². The highest BCUT2D eigenvalue weighted by atomic mass is 19.3. The van der Waals surface area contributed by atoms with Crippen LogP contribution in [0.4, 0.5) is 8.78 Å². The van der Waals surface area contributed by atoms with Crippen LogP contribution in [0, 0.1) is 5.92 Å². The number of rotatable bonds is 8. The van der Waals surface area contributed by atoms with Crippen molar-refractivity contribution in [1.82, 2.24) is 5.32 Å². The molecule has 0 radical (unpaired) electrons. The van der Waals surface area contributed by atoms with Gasteiger partial charge in [-0.25, -0.2) is 0 Å². The summed E-state index contributed by atoms with van der Waals surface area (Å²) in [7, 11) is 0. The second-order valence-electron chi connectivity index (χ2n) is 4.60. The predicted octanol–water partition coefficient (Wildman–Crippen LogP) is 2.88. The third-order valence-corrected chi connectivity index (χ3v) is 3.15. The van der Waals surface area contributed by atoms with Crippen molar-refractivity contribution in [3.8, 4) is 5.75 Å². The summed E-state index contributed by atoms with van der Waals surface area (Å²) in [5.74, 6) is -0.800. The number of hydrogen-bond donors (Lipinski definition) is 2. The lowest BCUT2D eigenvalue weighted by Crippen LogP contribution is -2.41. The number of ether oxygens (including phenoxy) is 1. The fraction of sp³-hybridized carbons (Fsp3) is 0.500. The molecule has 0 heterocycles. The summed E-state index contributed by atoms with van der Waals surface area (Å²) in [6.07, 6.45) is 0.755. The van der Waals surface area contributed by atoms with E-state index in [9.17, 15) is 13.6 Å². The van der Waals surface area contributed by atoms with E-state index in [1.54, 1.807) is 12.1 Å². The summed E-state index contributed by atoms with van der Waals surface area (Å²) < 4.78 is 28.2. The summed E-state index contributed by atoms with van der Waals surface area (Å²) >= 11 is 0. The molecule has 1 aromatic carbocycles. The standard InChI is InChI=1S/C14H19F2NO3/c1-3-9(2)12(13(18)19)17-8-10-4-6-11(7-5-10)20-14(15)16/h4-7,9,12,14,17H,3,8H2,1-2H3,(H,18,19)/t9-,12-/m0/s1. The second-order valence-corrected chi connectivity index (χ2v) is 4.60. The third kappa shape index (κ3) is 5.13. The summed E-state index contributed by atoms with van der Waals surface area (Å²) in [6.45, 7) is 1.31. The van der Waals surface area contributed by atoms with Crippen molar-refractivity contribution in [2.24, 2.45) is 5.92 Å². The number of carboxylic acid groups (broad SMARTS) is 1. The molecule has 0 aliphatic heterocycles. The maximum Gasteiger partial charge on any atom is 0.387 e. The highest BCUT2D eigenvalue weighted by Gasteiger charge is 2.22. The van der Waals surface area contributed by atoms with Crippen LogP contribution in [0.25, 0.3) is 0 Å². The maximum absolute atomic E-state index is 12.0. The zero-order valence-electron chi connectivity index (χ0n) is 11.5. The highest BCUT2D eigenvalue weighted by molar-refractivity contribution is 5.73. The lowest BCUT2D eigenvalue weighted by molar-refractivity contribution is -0.140. The van der Waals surface area contributed by atoms with E-state index >= 15 is 0 Å². The zero-order valence-corrected chi connectivity index (χ0v) is 11.5. The molecule has 112 valence electrons. The number of alkyl halides is 2. The third-order valence-electron chi connectivity index (χ3n) is 3.15. The second kappa shape index (κ2) is 7.79. The molecule has 4 nitrogen and oxygen atoms in total. The van der Waals surface area contributed by atoms with Gasteiger partial charge in [-0.05, 0) is 23.6 Å². The Hall–Kier alpha value is -1.69. The van der Waals surface area contributed by atoms with E-state index in [0.29, 0.717) is 6.54 Å². The monoisotopic (exact) mass is 287 g/mol. The molecular weight excluding hydrogens is 268 g/mol. The number of nitrogens with one attached hydrogen (secondary N) is 1. The first-order valence-corrected chi connectivity index (χ1v) is 6.44. The summed E-state index contributed by atoms with van der Waals surface area (Å²) in [6, 6.07) is 5.49. The van der Waals surface area contributed by atoms with E-state index in [4.69, 9.17) is 5.11 Å². The number of hydrogen-bond acceptors (Lipinski definition) is 3. The highest BCUT2D eigenvalue weighted by Crippen LogP contribution is 2.15. The molecule has 0 bridgehead atoms. The van der Waals surface area contributed by atoms with E-state index in [1.165, 1.54) is 12.1 Å². The zero-order chi connectivity index (χ0) is 15.1.